The molecule has 2 aromatic heterocycles. The van der Waals surface area contributed by atoms with Crippen molar-refractivity contribution in [3.05, 3.63) is 48.0 Å². The van der Waals surface area contributed by atoms with Crippen molar-refractivity contribution in [1.82, 2.24) is 19.8 Å². The molecule has 12 nitrogen and oxygen atoms in total. The lowest BCUT2D eigenvalue weighted by atomic mass is 10.2. The summed E-state index contributed by atoms with van der Waals surface area (Å²) in [4.78, 5) is 62.3. The predicted molar refractivity (Wildman–Crippen MR) is 164 cm³/mol. The number of pyridine rings is 2. The van der Waals surface area contributed by atoms with E-state index in [1.807, 2.05) is 0 Å². The van der Waals surface area contributed by atoms with Gasteiger partial charge >= 0.3 is 12.2 Å². The van der Waals surface area contributed by atoms with E-state index in [2.05, 4.69) is 32.4 Å². The van der Waals surface area contributed by atoms with Crippen LogP contribution in [0.1, 0.15) is 78.6 Å². The third-order valence-electron chi connectivity index (χ3n) is 6.75. The molecule has 2 aromatic rings. The largest absolute Gasteiger partial charge is 0.444 e. The van der Waals surface area contributed by atoms with Crippen LogP contribution in [0.5, 0.6) is 0 Å². The second-order valence-corrected chi connectivity index (χ2v) is 12.8. The van der Waals surface area contributed by atoms with Crippen LogP contribution in [0.25, 0.3) is 0 Å². The van der Waals surface area contributed by atoms with Crippen molar-refractivity contribution < 1.29 is 28.7 Å². The first-order valence-corrected chi connectivity index (χ1v) is 14.7. The van der Waals surface area contributed by atoms with E-state index < -0.39 is 35.5 Å². The summed E-state index contributed by atoms with van der Waals surface area (Å²) in [6.45, 7) is 11.7. The zero-order valence-corrected chi connectivity index (χ0v) is 26.1. The van der Waals surface area contributed by atoms with Gasteiger partial charge in [-0.05, 0) is 103 Å². The molecular weight excluding hydrogens is 564 g/mol. The van der Waals surface area contributed by atoms with Crippen LogP contribution in [0.2, 0.25) is 0 Å². The highest BCUT2D eigenvalue weighted by molar-refractivity contribution is 5.97. The first-order chi connectivity index (χ1) is 20.7. The molecule has 0 radical (unpaired) electrons. The summed E-state index contributed by atoms with van der Waals surface area (Å²) in [5.74, 6) is 5.27. The summed E-state index contributed by atoms with van der Waals surface area (Å²) in [7, 11) is 0. The number of amides is 4. The van der Waals surface area contributed by atoms with Crippen molar-refractivity contribution in [2.24, 2.45) is 0 Å². The average Bonchev–Trinajstić information content (AvgIpc) is 3.62. The third kappa shape index (κ3) is 8.92. The Morgan fingerprint density at radius 1 is 0.705 bits per heavy atom. The molecule has 44 heavy (non-hydrogen) atoms. The number of hydrogen-bond acceptors (Lipinski definition) is 8. The molecule has 12 heteroatoms. The lowest BCUT2D eigenvalue weighted by Crippen LogP contribution is -2.45. The van der Waals surface area contributed by atoms with E-state index in [0.29, 0.717) is 48.7 Å². The van der Waals surface area contributed by atoms with Crippen molar-refractivity contribution in [2.75, 3.05) is 23.7 Å². The molecule has 2 atom stereocenters. The van der Waals surface area contributed by atoms with Gasteiger partial charge in [-0.3, -0.25) is 19.4 Å². The molecule has 234 valence electrons. The number of anilines is 2. The van der Waals surface area contributed by atoms with Crippen molar-refractivity contribution >= 4 is 35.4 Å². The van der Waals surface area contributed by atoms with Crippen LogP contribution in [0.4, 0.5) is 21.0 Å². The summed E-state index contributed by atoms with van der Waals surface area (Å²) in [6.07, 6.45) is 4.57. The molecule has 4 heterocycles. The molecule has 0 bridgehead atoms. The Hall–Kier alpha value is -4.66. The van der Waals surface area contributed by atoms with Gasteiger partial charge in [-0.15, -0.1) is 0 Å². The van der Waals surface area contributed by atoms with Crippen LogP contribution in [0.3, 0.4) is 0 Å². The number of carbonyl (C=O) groups is 4. The SMILES string of the molecule is CC(C)(C)OC(=O)N1CCC[C@H]1C(=O)Nc1ccc(C#Cc2ccc(NC(=O)[C@@H]3CCCN3C(=O)OC(C)(C)C)cn2)nc1. The van der Waals surface area contributed by atoms with E-state index in [-0.39, 0.29) is 11.8 Å². The van der Waals surface area contributed by atoms with E-state index in [4.69, 9.17) is 9.47 Å². The standard InChI is InChI=1S/C32H40N6O6/c1-31(2,3)43-29(41)37-17-7-9-25(37)27(39)35-23-15-13-21(33-19-23)11-12-22-14-16-24(20-34-22)36-28(40)26-10-8-18-38(26)30(42)44-32(4,5)6/h13-16,19-20,25-26H,7-10,17-18H2,1-6H3,(H,35,39)(H,36,40)/t25-,26-/m0/s1. The first kappa shape index (κ1) is 32.3. The van der Waals surface area contributed by atoms with Gasteiger partial charge in [0.1, 0.15) is 34.7 Å². The minimum Gasteiger partial charge on any atom is -0.444 e. The molecule has 0 saturated carbocycles. The van der Waals surface area contributed by atoms with E-state index in [1.165, 1.54) is 22.2 Å². The number of aromatic nitrogens is 2. The molecule has 0 unspecified atom stereocenters. The Kier molecular flexibility index (Phi) is 9.77. The maximum absolute atomic E-state index is 12.9. The fraction of sp³-hybridized carbons (Fsp3) is 0.500. The number of likely N-dealkylation sites (tertiary alicyclic amines) is 2. The van der Waals surface area contributed by atoms with Crippen molar-refractivity contribution in [2.45, 2.75) is 90.5 Å². The van der Waals surface area contributed by atoms with Crippen LogP contribution in [0.15, 0.2) is 36.7 Å². The van der Waals surface area contributed by atoms with Crippen LogP contribution < -0.4 is 10.6 Å². The maximum Gasteiger partial charge on any atom is 0.410 e. The van der Waals surface area contributed by atoms with Gasteiger partial charge < -0.3 is 20.1 Å². The predicted octanol–water partition coefficient (Wildman–Crippen LogP) is 4.55. The van der Waals surface area contributed by atoms with Gasteiger partial charge in [0, 0.05) is 13.1 Å². The Morgan fingerprint density at radius 3 is 1.41 bits per heavy atom. The summed E-state index contributed by atoms with van der Waals surface area (Å²) in [5, 5.41) is 5.64. The Labute approximate surface area is 257 Å². The van der Waals surface area contributed by atoms with Crippen LogP contribution >= 0.6 is 0 Å². The van der Waals surface area contributed by atoms with E-state index >= 15 is 0 Å². The van der Waals surface area contributed by atoms with Crippen molar-refractivity contribution in [1.29, 1.82) is 0 Å². The highest BCUT2D eigenvalue weighted by Gasteiger charge is 2.37. The van der Waals surface area contributed by atoms with E-state index in [1.54, 1.807) is 65.8 Å². The molecule has 0 aliphatic carbocycles. The van der Waals surface area contributed by atoms with Crippen LogP contribution in [-0.2, 0) is 19.1 Å². The minimum absolute atomic E-state index is 0.296. The summed E-state index contributed by atoms with van der Waals surface area (Å²) in [6, 6.07) is 5.52. The molecule has 2 N–H and O–H groups in total. The number of nitrogens with zero attached hydrogens (tertiary/aromatic N) is 4. The van der Waals surface area contributed by atoms with E-state index in [0.717, 1.165) is 12.8 Å². The smallest absolute Gasteiger partial charge is 0.410 e. The third-order valence-corrected chi connectivity index (χ3v) is 6.75. The van der Waals surface area contributed by atoms with Gasteiger partial charge in [0.25, 0.3) is 0 Å². The lowest BCUT2D eigenvalue weighted by molar-refractivity contribution is -0.121. The highest BCUT2D eigenvalue weighted by atomic mass is 16.6. The summed E-state index contributed by atoms with van der Waals surface area (Å²) in [5.41, 5.74) is 0.641. The summed E-state index contributed by atoms with van der Waals surface area (Å²) < 4.78 is 10.9. The quantitative estimate of drug-likeness (QED) is 0.484. The molecular formula is C32H40N6O6. The molecule has 2 aliphatic heterocycles. The van der Waals surface area contributed by atoms with Gasteiger partial charge in [-0.25, -0.2) is 19.6 Å². The van der Waals surface area contributed by atoms with Gasteiger partial charge in [0.15, 0.2) is 0 Å². The lowest BCUT2D eigenvalue weighted by Gasteiger charge is -2.28. The Bertz CT molecular complexity index is 1330. The Morgan fingerprint density at radius 2 is 1.09 bits per heavy atom. The second-order valence-electron chi connectivity index (χ2n) is 12.8. The molecule has 0 aromatic carbocycles. The second kappa shape index (κ2) is 13.3. The molecule has 4 amide bonds. The number of nitrogens with one attached hydrogen (secondary N) is 2. The van der Waals surface area contributed by atoms with Gasteiger partial charge in [0.05, 0.1) is 23.8 Å². The number of carbonyl (C=O) groups excluding carboxylic acids is 4. The molecule has 0 spiro atoms. The van der Waals surface area contributed by atoms with Crippen LogP contribution in [-0.4, -0.2) is 80.1 Å². The minimum atomic E-state index is -0.642. The summed E-state index contributed by atoms with van der Waals surface area (Å²) >= 11 is 0. The number of ether oxygens (including phenoxy) is 2. The number of hydrogen-bond donors (Lipinski definition) is 2. The molecule has 4 rings (SSSR count). The molecule has 2 saturated heterocycles. The van der Waals surface area contributed by atoms with Crippen LogP contribution in [0, 0.1) is 11.8 Å². The maximum atomic E-state index is 12.9. The molecule has 2 fully saturated rings. The zero-order valence-electron chi connectivity index (χ0n) is 26.1. The first-order valence-electron chi connectivity index (χ1n) is 14.7. The fourth-order valence-corrected chi connectivity index (χ4v) is 4.82. The van der Waals surface area contributed by atoms with Gasteiger partial charge in [-0.1, -0.05) is 0 Å². The zero-order chi connectivity index (χ0) is 32.1. The highest BCUT2D eigenvalue weighted by Crippen LogP contribution is 2.24. The Balaban J connectivity index is 1.30. The van der Waals surface area contributed by atoms with Crippen molar-refractivity contribution in [3.8, 4) is 11.8 Å². The van der Waals surface area contributed by atoms with Gasteiger partial charge in [0.2, 0.25) is 11.8 Å². The average molecular weight is 605 g/mol. The normalized spacial score (nSPS) is 18.2. The van der Waals surface area contributed by atoms with Gasteiger partial charge in [-0.2, -0.15) is 0 Å². The molecule has 2 aliphatic rings. The number of rotatable bonds is 4. The fourth-order valence-electron chi connectivity index (χ4n) is 4.82. The van der Waals surface area contributed by atoms with E-state index in [9.17, 15) is 19.2 Å². The van der Waals surface area contributed by atoms with Crippen molar-refractivity contribution in [3.63, 3.8) is 0 Å². The topological polar surface area (TPSA) is 143 Å². The monoisotopic (exact) mass is 604 g/mol.